The van der Waals surface area contributed by atoms with Gasteiger partial charge >= 0.3 is 26.2 Å². The topological polar surface area (TPSA) is 0 Å². The van der Waals surface area contributed by atoms with E-state index in [1.807, 2.05) is 0 Å². The number of rotatable bonds is 4. The van der Waals surface area contributed by atoms with Gasteiger partial charge in [0, 0.05) is 8.07 Å². The zero-order valence-electron chi connectivity index (χ0n) is 32.9. The summed E-state index contributed by atoms with van der Waals surface area (Å²) in [5.41, 5.74) is 18.3. The Morgan fingerprint density at radius 3 is 1.21 bits per heavy atom. The van der Waals surface area contributed by atoms with Gasteiger partial charge in [-0.25, -0.2) is 0 Å². The van der Waals surface area contributed by atoms with E-state index >= 15 is 0 Å². The largest absolute Gasteiger partial charge is 4.00 e. The molecule has 52 heavy (non-hydrogen) atoms. The molecule has 0 aliphatic heterocycles. The summed E-state index contributed by atoms with van der Waals surface area (Å²) in [7, 11) is -2.24. The average Bonchev–Trinajstić information content (AvgIpc) is 3.82. The Morgan fingerprint density at radius 1 is 0.538 bits per heavy atom. The van der Waals surface area contributed by atoms with Gasteiger partial charge in [0.15, 0.2) is 0 Å². The summed E-state index contributed by atoms with van der Waals surface area (Å²) in [5, 5.41) is 9.30. The summed E-state index contributed by atoms with van der Waals surface area (Å²) in [4.78, 5) is 0. The first kappa shape index (κ1) is 41.0. The second-order valence-electron chi connectivity index (χ2n) is 18.1. The second-order valence-corrected chi connectivity index (χ2v) is 22.3. The maximum Gasteiger partial charge on any atom is 4.00 e. The molecule has 2 aliphatic rings. The molecule has 6 aromatic carbocycles. The minimum absolute atomic E-state index is 0. The van der Waals surface area contributed by atoms with Crippen LogP contribution >= 0.6 is 0 Å². The molecule has 0 atom stereocenters. The second kappa shape index (κ2) is 14.5. The van der Waals surface area contributed by atoms with Crippen LogP contribution in [0.2, 0.25) is 13.1 Å². The Morgan fingerprint density at radius 2 is 0.885 bits per heavy atom. The van der Waals surface area contributed by atoms with Gasteiger partial charge in [-0.1, -0.05) is 150 Å². The molecule has 0 unspecified atom stereocenters. The van der Waals surface area contributed by atoms with Crippen LogP contribution < -0.4 is 35.2 Å². The monoisotopic (exact) mass is 818 g/mol. The van der Waals surface area contributed by atoms with Crippen molar-refractivity contribution in [3.05, 3.63) is 117 Å². The third-order valence-corrected chi connectivity index (χ3v) is 16.0. The van der Waals surface area contributed by atoms with Crippen molar-refractivity contribution in [2.45, 2.75) is 118 Å². The number of aryl methyl sites for hydroxylation is 4. The van der Waals surface area contributed by atoms with E-state index in [0.717, 1.165) is 0 Å². The minimum atomic E-state index is -2.24. The van der Waals surface area contributed by atoms with E-state index in [1.54, 1.807) is 43.4 Å². The van der Waals surface area contributed by atoms with Crippen LogP contribution in [0.4, 0.5) is 0 Å². The Kier molecular flexibility index (Phi) is 11.4. The van der Waals surface area contributed by atoms with Crippen LogP contribution in [-0.2, 0) is 62.7 Å². The minimum Gasteiger partial charge on any atom is -1.00 e. The number of benzene rings is 4. The predicted octanol–water partition coefficient (Wildman–Crippen LogP) is 5.78. The van der Waals surface area contributed by atoms with Crippen molar-refractivity contribution in [3.8, 4) is 22.3 Å². The normalized spacial score (nSPS) is 14.2. The average molecular weight is 821 g/mol. The summed E-state index contributed by atoms with van der Waals surface area (Å²) >= 11 is 0. The SMILES string of the molecule is Cc1[cH-]c2cc3c(c(-c4ccc(C(C)(C)C)cc4)c2c1[Si](C)(C)c1c(C)[cH-]c2cc4c(c(-c5ccc(C(C)(C)C)cc5)c12)CCC4)CCC3.[Cl-].[Cl-].[Zr+4]. The molecule has 268 valence electrons. The molecule has 0 nitrogen and oxygen atoms in total. The summed E-state index contributed by atoms with van der Waals surface area (Å²) in [6.07, 6.45) is 7.30. The van der Waals surface area contributed by atoms with Crippen molar-refractivity contribution >= 4 is 40.0 Å². The van der Waals surface area contributed by atoms with Crippen LogP contribution in [0.1, 0.15) is 98.9 Å². The summed E-state index contributed by atoms with van der Waals surface area (Å²) in [6.45, 7) is 24.1. The Balaban J connectivity index is 0.00000174. The number of hydrogen-bond donors (Lipinski definition) is 0. The van der Waals surface area contributed by atoms with Crippen LogP contribution in [-0.4, -0.2) is 8.07 Å². The van der Waals surface area contributed by atoms with Gasteiger partial charge in [-0.05, 0) is 71.6 Å². The van der Waals surface area contributed by atoms with E-state index in [9.17, 15) is 0 Å². The molecule has 0 radical (unpaired) electrons. The molecule has 0 fully saturated rings. The molecule has 0 heterocycles. The molecule has 0 saturated heterocycles. The standard InChI is InChI=1S/C48H54Si.2ClH.Zr/c1-29-25-35-27-33-13-11-15-39(33)41(31-17-21-37(22-18-31)47(3,4)5)43(35)45(29)49(9,10)46-30(2)26-36-28-34-14-12-16-40(34)42(44(36)46)32-19-23-38(24-20-32)48(6,7)8;;;/h17-28H,11-16H2,1-10H3;2*1H;/q-2;;;+4/p-2. The van der Waals surface area contributed by atoms with Gasteiger partial charge in [-0.2, -0.15) is 10.4 Å². The van der Waals surface area contributed by atoms with E-state index in [1.165, 1.54) is 93.8 Å². The van der Waals surface area contributed by atoms with Crippen LogP contribution in [0.5, 0.6) is 0 Å². The van der Waals surface area contributed by atoms with Gasteiger partial charge in [0.05, 0.1) is 0 Å². The fourth-order valence-corrected chi connectivity index (χ4v) is 14.1. The first-order valence-electron chi connectivity index (χ1n) is 18.9. The van der Waals surface area contributed by atoms with E-state index in [0.29, 0.717) is 0 Å². The van der Waals surface area contributed by atoms with Gasteiger partial charge in [0.2, 0.25) is 0 Å². The predicted molar refractivity (Wildman–Crippen MR) is 218 cm³/mol. The molecule has 2 aliphatic carbocycles. The molecule has 0 amide bonds. The van der Waals surface area contributed by atoms with Crippen LogP contribution in [0.3, 0.4) is 0 Å². The van der Waals surface area contributed by atoms with E-state index in [4.69, 9.17) is 0 Å². The molecule has 0 N–H and O–H groups in total. The zero-order valence-corrected chi connectivity index (χ0v) is 37.9. The Hall–Kier alpha value is -2.22. The molecular formula is C48H54Cl2SiZr. The smallest absolute Gasteiger partial charge is 1.00 e. The van der Waals surface area contributed by atoms with Crippen LogP contribution in [0.15, 0.2) is 72.8 Å². The van der Waals surface area contributed by atoms with E-state index in [2.05, 4.69) is 141 Å². The molecule has 4 heteroatoms. The fraction of sp³-hybridized carbons (Fsp3) is 0.375. The summed E-state index contributed by atoms with van der Waals surface area (Å²) in [5.74, 6) is 0. The van der Waals surface area contributed by atoms with Crippen molar-refractivity contribution in [3.63, 3.8) is 0 Å². The molecular weight excluding hydrogens is 767 g/mol. The molecule has 0 spiro atoms. The van der Waals surface area contributed by atoms with Gasteiger partial charge < -0.3 is 24.8 Å². The Bertz CT molecular complexity index is 2100. The van der Waals surface area contributed by atoms with Crippen LogP contribution in [0, 0.1) is 13.8 Å². The molecule has 0 saturated carbocycles. The van der Waals surface area contributed by atoms with Crippen molar-refractivity contribution in [2.75, 3.05) is 0 Å². The molecule has 0 aromatic heterocycles. The maximum atomic E-state index is 2.66. The third kappa shape index (κ3) is 6.61. The van der Waals surface area contributed by atoms with Gasteiger partial charge in [0.25, 0.3) is 0 Å². The number of halogens is 2. The maximum absolute atomic E-state index is 2.66. The first-order chi connectivity index (χ1) is 23.1. The summed E-state index contributed by atoms with van der Waals surface area (Å²) < 4.78 is 0. The molecule has 6 aromatic rings. The van der Waals surface area contributed by atoms with Crippen molar-refractivity contribution < 1.29 is 51.0 Å². The van der Waals surface area contributed by atoms with Gasteiger partial charge in [-0.15, -0.1) is 56.9 Å². The van der Waals surface area contributed by atoms with Crippen molar-refractivity contribution in [2.24, 2.45) is 0 Å². The Labute approximate surface area is 345 Å². The van der Waals surface area contributed by atoms with E-state index in [-0.39, 0.29) is 61.8 Å². The molecule has 0 bridgehead atoms. The van der Waals surface area contributed by atoms with E-state index < -0.39 is 8.07 Å². The summed E-state index contributed by atoms with van der Waals surface area (Å²) in [6, 6.07) is 29.5. The van der Waals surface area contributed by atoms with Crippen molar-refractivity contribution in [1.82, 2.24) is 0 Å². The quantitative estimate of drug-likeness (QED) is 0.157. The van der Waals surface area contributed by atoms with Gasteiger partial charge in [0.1, 0.15) is 0 Å². The number of fused-ring (bicyclic) bond motifs is 4. The molecule has 8 rings (SSSR count). The third-order valence-electron chi connectivity index (χ3n) is 12.2. The number of hydrogen-bond acceptors (Lipinski definition) is 0. The fourth-order valence-electron chi connectivity index (χ4n) is 9.95. The van der Waals surface area contributed by atoms with Gasteiger partial charge in [-0.3, -0.25) is 0 Å². The van der Waals surface area contributed by atoms with Crippen LogP contribution in [0.25, 0.3) is 43.8 Å². The van der Waals surface area contributed by atoms with Crippen molar-refractivity contribution in [1.29, 1.82) is 0 Å². The first-order valence-corrected chi connectivity index (χ1v) is 21.9. The zero-order chi connectivity index (χ0) is 34.6.